The Morgan fingerprint density at radius 1 is 1.29 bits per heavy atom. The van der Waals surface area contributed by atoms with Crippen molar-refractivity contribution in [2.24, 2.45) is 0 Å². The molecule has 2 heterocycles. The van der Waals surface area contributed by atoms with E-state index in [-0.39, 0.29) is 5.91 Å². The largest absolute Gasteiger partial charge is 0.494 e. The Balaban J connectivity index is 1.72. The van der Waals surface area contributed by atoms with Gasteiger partial charge in [-0.15, -0.1) is 11.6 Å². The van der Waals surface area contributed by atoms with Gasteiger partial charge in [-0.3, -0.25) is 10.1 Å². The van der Waals surface area contributed by atoms with E-state index in [1.165, 1.54) is 22.6 Å². The summed E-state index contributed by atoms with van der Waals surface area (Å²) in [5, 5.41) is 3.51. The van der Waals surface area contributed by atoms with Gasteiger partial charge in [0.2, 0.25) is 0 Å². The molecular weight excluding hydrogens is 434 g/mol. The number of methoxy groups -OCH3 is 1. The van der Waals surface area contributed by atoms with Gasteiger partial charge in [0, 0.05) is 24.5 Å². The van der Waals surface area contributed by atoms with Crippen molar-refractivity contribution in [3.05, 3.63) is 47.0 Å². The summed E-state index contributed by atoms with van der Waals surface area (Å²) in [6.45, 7) is 5.27. The van der Waals surface area contributed by atoms with Crippen LogP contribution in [0.5, 0.6) is 5.75 Å². The van der Waals surface area contributed by atoms with E-state index in [2.05, 4.69) is 23.2 Å². The summed E-state index contributed by atoms with van der Waals surface area (Å²) in [4.78, 5) is 19.9. The fourth-order valence-electron chi connectivity index (χ4n) is 3.81. The lowest BCUT2D eigenvalue weighted by molar-refractivity contribution is 0.102. The number of hydrogen-bond acceptors (Lipinski definition) is 6. The first kappa shape index (κ1) is 21.9. The highest BCUT2D eigenvalue weighted by molar-refractivity contribution is 7.23. The Labute approximate surface area is 191 Å². The number of hydrogen-bond donors (Lipinski definition) is 1. The second-order valence-corrected chi connectivity index (χ2v) is 8.68. The van der Waals surface area contributed by atoms with Crippen LogP contribution in [0.15, 0.2) is 30.3 Å². The standard InChI is InChI=1S/C23H26ClN3O3S/c1-3-4-17-13-18(29-2)19-21(20(17)27-9-11-30-12-10-27)31-23(25-19)26-22(28)16-7-5-15(14-24)6-8-16/h5-8,13H,3-4,9-12,14H2,1-2H3,(H,25,26,28). The van der Waals surface area contributed by atoms with Gasteiger partial charge in [-0.25, -0.2) is 4.98 Å². The molecule has 164 valence electrons. The van der Waals surface area contributed by atoms with Gasteiger partial charge in [0.15, 0.2) is 5.13 Å². The second-order valence-electron chi connectivity index (χ2n) is 7.42. The summed E-state index contributed by atoms with van der Waals surface area (Å²) in [5.41, 5.74) is 4.75. The van der Waals surface area contributed by atoms with Crippen LogP contribution >= 0.6 is 22.9 Å². The molecule has 31 heavy (non-hydrogen) atoms. The molecule has 0 aliphatic carbocycles. The van der Waals surface area contributed by atoms with Crippen LogP contribution in [-0.4, -0.2) is 44.3 Å². The van der Waals surface area contributed by atoms with Gasteiger partial charge in [-0.1, -0.05) is 36.8 Å². The zero-order valence-electron chi connectivity index (χ0n) is 17.7. The minimum Gasteiger partial charge on any atom is -0.494 e. The van der Waals surface area contributed by atoms with Crippen LogP contribution in [0.1, 0.15) is 34.8 Å². The van der Waals surface area contributed by atoms with E-state index in [0.29, 0.717) is 29.8 Å². The maximum Gasteiger partial charge on any atom is 0.257 e. The molecule has 4 rings (SSSR count). The Kier molecular flexibility index (Phi) is 6.95. The van der Waals surface area contributed by atoms with E-state index < -0.39 is 0 Å². The van der Waals surface area contributed by atoms with Gasteiger partial charge in [-0.2, -0.15) is 0 Å². The SMILES string of the molecule is CCCc1cc(OC)c2nc(NC(=O)c3ccc(CCl)cc3)sc2c1N1CCOCC1. The number of morpholine rings is 1. The van der Waals surface area contributed by atoms with Crippen LogP contribution in [0, 0.1) is 0 Å². The number of ether oxygens (including phenoxy) is 2. The first-order chi connectivity index (χ1) is 15.1. The van der Waals surface area contributed by atoms with Crippen molar-refractivity contribution in [3.8, 4) is 5.75 Å². The van der Waals surface area contributed by atoms with E-state index in [9.17, 15) is 4.79 Å². The van der Waals surface area contributed by atoms with Crippen molar-refractivity contribution in [1.82, 2.24) is 4.98 Å². The van der Waals surface area contributed by atoms with Crippen LogP contribution in [-0.2, 0) is 17.0 Å². The minimum absolute atomic E-state index is 0.194. The minimum atomic E-state index is -0.194. The number of carbonyl (C=O) groups is 1. The fourth-order valence-corrected chi connectivity index (χ4v) is 5.06. The molecule has 1 aromatic heterocycles. The lowest BCUT2D eigenvalue weighted by Gasteiger charge is -2.31. The Bertz CT molecular complexity index is 1060. The number of aryl methyl sites for hydroxylation is 1. The number of nitrogens with zero attached hydrogens (tertiary/aromatic N) is 2. The number of carbonyl (C=O) groups excluding carboxylic acids is 1. The topological polar surface area (TPSA) is 63.7 Å². The van der Waals surface area contributed by atoms with E-state index >= 15 is 0 Å². The highest BCUT2D eigenvalue weighted by Crippen LogP contribution is 2.42. The van der Waals surface area contributed by atoms with Crippen LogP contribution in [0.3, 0.4) is 0 Å². The van der Waals surface area contributed by atoms with Crippen molar-refractivity contribution in [3.63, 3.8) is 0 Å². The quantitative estimate of drug-likeness (QED) is 0.499. The number of benzene rings is 2. The van der Waals surface area contributed by atoms with E-state index in [1.54, 1.807) is 19.2 Å². The second kappa shape index (κ2) is 9.85. The normalized spacial score (nSPS) is 14.1. The summed E-state index contributed by atoms with van der Waals surface area (Å²) >= 11 is 7.33. The monoisotopic (exact) mass is 459 g/mol. The molecule has 6 nitrogen and oxygen atoms in total. The van der Waals surface area contributed by atoms with Crippen molar-refractivity contribution >= 4 is 49.9 Å². The zero-order valence-corrected chi connectivity index (χ0v) is 19.3. The molecule has 1 amide bonds. The first-order valence-electron chi connectivity index (χ1n) is 10.4. The Morgan fingerprint density at radius 2 is 2.03 bits per heavy atom. The molecule has 1 aliphatic rings. The zero-order chi connectivity index (χ0) is 21.8. The molecule has 0 bridgehead atoms. The lowest BCUT2D eigenvalue weighted by atomic mass is 10.1. The maximum absolute atomic E-state index is 12.8. The molecule has 0 radical (unpaired) electrons. The van der Waals surface area contributed by atoms with Gasteiger partial charge in [0.05, 0.1) is 30.7 Å². The molecule has 0 saturated carbocycles. The van der Waals surface area contributed by atoms with Crippen LogP contribution in [0.2, 0.25) is 0 Å². The van der Waals surface area contributed by atoms with Crippen LogP contribution in [0.4, 0.5) is 10.8 Å². The molecule has 1 fully saturated rings. The summed E-state index contributed by atoms with van der Waals surface area (Å²) in [6, 6.07) is 9.36. The summed E-state index contributed by atoms with van der Waals surface area (Å²) < 4.78 is 12.3. The van der Waals surface area contributed by atoms with Gasteiger partial charge >= 0.3 is 0 Å². The third kappa shape index (κ3) is 4.63. The van der Waals surface area contributed by atoms with E-state index in [1.807, 2.05) is 12.1 Å². The number of alkyl halides is 1. The van der Waals surface area contributed by atoms with Crippen molar-refractivity contribution in [2.45, 2.75) is 25.6 Å². The van der Waals surface area contributed by atoms with Gasteiger partial charge in [-0.05, 0) is 35.7 Å². The smallest absolute Gasteiger partial charge is 0.257 e. The predicted octanol–water partition coefficient (Wildman–Crippen LogP) is 5.09. The summed E-state index contributed by atoms with van der Waals surface area (Å²) in [7, 11) is 1.66. The van der Waals surface area contributed by atoms with Gasteiger partial charge in [0.1, 0.15) is 11.3 Å². The number of halogens is 1. The predicted molar refractivity (Wildman–Crippen MR) is 127 cm³/mol. The number of nitrogens with one attached hydrogen (secondary N) is 1. The number of thiazole rings is 1. The Morgan fingerprint density at radius 3 is 2.68 bits per heavy atom. The molecular formula is C23H26ClN3O3S. The fraction of sp³-hybridized carbons (Fsp3) is 0.391. The Hall–Kier alpha value is -2.35. The molecule has 1 aliphatic heterocycles. The number of fused-ring (bicyclic) bond motifs is 1. The van der Waals surface area contributed by atoms with Gasteiger partial charge < -0.3 is 14.4 Å². The lowest BCUT2D eigenvalue weighted by Crippen LogP contribution is -2.36. The number of aromatic nitrogens is 1. The van der Waals surface area contributed by atoms with E-state index in [0.717, 1.165) is 47.5 Å². The first-order valence-corrected chi connectivity index (χ1v) is 11.8. The molecule has 1 saturated heterocycles. The van der Waals surface area contributed by atoms with E-state index in [4.69, 9.17) is 26.1 Å². The molecule has 2 aromatic carbocycles. The highest BCUT2D eigenvalue weighted by atomic mass is 35.5. The molecule has 0 unspecified atom stereocenters. The maximum atomic E-state index is 12.8. The average Bonchev–Trinajstić information content (AvgIpc) is 3.22. The molecule has 8 heteroatoms. The molecule has 0 atom stereocenters. The molecule has 3 aromatic rings. The third-order valence-electron chi connectivity index (χ3n) is 5.34. The molecule has 0 spiro atoms. The van der Waals surface area contributed by atoms with Crippen LogP contribution < -0.4 is 15.0 Å². The van der Waals surface area contributed by atoms with Gasteiger partial charge in [0.25, 0.3) is 5.91 Å². The number of rotatable bonds is 7. The molecule has 1 N–H and O–H groups in total. The highest BCUT2D eigenvalue weighted by Gasteiger charge is 2.23. The average molecular weight is 460 g/mol. The number of amides is 1. The van der Waals surface area contributed by atoms with Crippen molar-refractivity contribution in [2.75, 3.05) is 43.6 Å². The third-order valence-corrected chi connectivity index (χ3v) is 6.63. The van der Waals surface area contributed by atoms with Crippen molar-refractivity contribution < 1.29 is 14.3 Å². The summed E-state index contributed by atoms with van der Waals surface area (Å²) in [5.74, 6) is 0.962. The number of anilines is 2. The van der Waals surface area contributed by atoms with Crippen LogP contribution in [0.25, 0.3) is 10.2 Å². The van der Waals surface area contributed by atoms with Crippen molar-refractivity contribution in [1.29, 1.82) is 0 Å². The summed E-state index contributed by atoms with van der Waals surface area (Å²) in [6.07, 6.45) is 1.98.